The lowest BCUT2D eigenvalue weighted by molar-refractivity contribution is -0.141. The van der Waals surface area contributed by atoms with Crippen LogP contribution in [0.3, 0.4) is 0 Å². The molecule has 0 aliphatic carbocycles. The summed E-state index contributed by atoms with van der Waals surface area (Å²) in [6.45, 7) is 13.8. The number of hydrogen-bond acceptors (Lipinski definition) is 5. The molecular formula is C23H37N3O5. The molecule has 0 heterocycles. The molecule has 0 aliphatic rings. The molecule has 8 nitrogen and oxygen atoms in total. The van der Waals surface area contributed by atoms with Crippen molar-refractivity contribution in [3.63, 3.8) is 0 Å². The molecule has 1 unspecified atom stereocenters. The third-order valence-corrected chi connectivity index (χ3v) is 4.22. The molecule has 0 radical (unpaired) electrons. The quantitative estimate of drug-likeness (QED) is 0.610. The Kier molecular flexibility index (Phi) is 9.05. The van der Waals surface area contributed by atoms with Gasteiger partial charge in [-0.1, -0.05) is 23.8 Å². The molecule has 1 atom stereocenters. The maximum atomic E-state index is 13.2. The molecule has 8 heteroatoms. The lowest BCUT2D eigenvalue weighted by Crippen LogP contribution is -2.52. The molecule has 1 aromatic carbocycles. The fraction of sp³-hybridized carbons (Fsp3) is 0.609. The van der Waals surface area contributed by atoms with E-state index in [2.05, 4.69) is 10.6 Å². The maximum Gasteiger partial charge on any atom is 0.408 e. The Morgan fingerprint density at radius 3 is 2.19 bits per heavy atom. The van der Waals surface area contributed by atoms with Gasteiger partial charge in [0.1, 0.15) is 18.2 Å². The first-order valence-electron chi connectivity index (χ1n) is 10.4. The van der Waals surface area contributed by atoms with Gasteiger partial charge in [0, 0.05) is 12.1 Å². The number of nitrogens with one attached hydrogen (secondary N) is 2. The second kappa shape index (κ2) is 10.6. The maximum absolute atomic E-state index is 13.2. The zero-order chi connectivity index (χ0) is 24.0. The molecule has 0 fully saturated rings. The van der Waals surface area contributed by atoms with Crippen molar-refractivity contribution < 1.29 is 24.2 Å². The fourth-order valence-corrected chi connectivity index (χ4v) is 3.09. The highest BCUT2D eigenvalue weighted by atomic mass is 16.6. The van der Waals surface area contributed by atoms with Gasteiger partial charge in [0.25, 0.3) is 0 Å². The van der Waals surface area contributed by atoms with Crippen LogP contribution < -0.4 is 10.6 Å². The van der Waals surface area contributed by atoms with Crippen LogP contribution in [0.4, 0.5) is 4.79 Å². The van der Waals surface area contributed by atoms with E-state index in [4.69, 9.17) is 4.74 Å². The van der Waals surface area contributed by atoms with Gasteiger partial charge in [0.2, 0.25) is 11.8 Å². The monoisotopic (exact) mass is 435 g/mol. The highest BCUT2D eigenvalue weighted by Crippen LogP contribution is 2.26. The number of carbonyl (C=O) groups excluding carboxylic acids is 3. The zero-order valence-electron chi connectivity index (χ0n) is 20.0. The fourth-order valence-electron chi connectivity index (χ4n) is 3.09. The van der Waals surface area contributed by atoms with Gasteiger partial charge in [-0.15, -0.1) is 0 Å². The average Bonchev–Trinajstić information content (AvgIpc) is 2.58. The van der Waals surface area contributed by atoms with Crippen molar-refractivity contribution in [1.29, 1.82) is 0 Å². The van der Waals surface area contributed by atoms with E-state index in [1.165, 1.54) is 4.90 Å². The Morgan fingerprint density at radius 2 is 1.71 bits per heavy atom. The van der Waals surface area contributed by atoms with Crippen LogP contribution in [0.15, 0.2) is 18.2 Å². The summed E-state index contributed by atoms with van der Waals surface area (Å²) in [6.07, 6.45) is -0.730. The molecule has 3 N–H and O–H groups in total. The minimum Gasteiger partial charge on any atom is -0.444 e. The first-order valence-corrected chi connectivity index (χ1v) is 10.4. The predicted molar refractivity (Wildman–Crippen MR) is 120 cm³/mol. The van der Waals surface area contributed by atoms with Gasteiger partial charge in [-0.3, -0.25) is 9.59 Å². The van der Waals surface area contributed by atoms with Crippen LogP contribution in [-0.4, -0.2) is 58.8 Å². The van der Waals surface area contributed by atoms with E-state index in [0.29, 0.717) is 5.56 Å². The molecule has 1 aromatic rings. The summed E-state index contributed by atoms with van der Waals surface area (Å²) in [4.78, 5) is 39.5. The van der Waals surface area contributed by atoms with Gasteiger partial charge >= 0.3 is 6.09 Å². The van der Waals surface area contributed by atoms with Crippen LogP contribution in [0.5, 0.6) is 0 Å². The number of benzene rings is 1. The Balaban J connectivity index is 3.24. The largest absolute Gasteiger partial charge is 0.444 e. The number of amides is 3. The van der Waals surface area contributed by atoms with Crippen LogP contribution in [0.2, 0.25) is 0 Å². The summed E-state index contributed by atoms with van der Waals surface area (Å²) in [5.74, 6) is -0.868. The Hall–Kier alpha value is -2.61. The summed E-state index contributed by atoms with van der Waals surface area (Å²) in [6, 6.07) is 4.67. The molecular weight excluding hydrogens is 398 g/mol. The van der Waals surface area contributed by atoms with Crippen molar-refractivity contribution in [2.75, 3.05) is 19.7 Å². The highest BCUT2D eigenvalue weighted by Gasteiger charge is 2.34. The molecule has 0 bridgehead atoms. The number of aryl methyl sites for hydroxylation is 2. The van der Waals surface area contributed by atoms with Crippen molar-refractivity contribution in [3.05, 3.63) is 34.9 Å². The number of alkyl carbamates (subject to hydrolysis) is 1. The van der Waals surface area contributed by atoms with Crippen molar-refractivity contribution in [1.82, 2.24) is 15.5 Å². The smallest absolute Gasteiger partial charge is 0.408 e. The van der Waals surface area contributed by atoms with Gasteiger partial charge in [-0.05, 0) is 66.5 Å². The van der Waals surface area contributed by atoms with Gasteiger partial charge in [0.15, 0.2) is 0 Å². The number of aliphatic hydroxyl groups excluding tert-OH is 1. The highest BCUT2D eigenvalue weighted by molar-refractivity contribution is 5.91. The SMILES string of the molecule is Cc1ccc(C(C(=O)NC(C)(C)C)N(CCO)C(=O)CNC(=O)OC(C)(C)C)c(C)c1. The number of ether oxygens (including phenoxy) is 1. The molecule has 0 saturated heterocycles. The minimum atomic E-state index is -0.958. The third-order valence-electron chi connectivity index (χ3n) is 4.22. The Morgan fingerprint density at radius 1 is 1.10 bits per heavy atom. The van der Waals surface area contributed by atoms with Crippen LogP contribution >= 0.6 is 0 Å². The minimum absolute atomic E-state index is 0.0651. The molecule has 0 saturated carbocycles. The normalized spacial score (nSPS) is 12.7. The molecule has 174 valence electrons. The summed E-state index contributed by atoms with van der Waals surface area (Å²) in [7, 11) is 0. The van der Waals surface area contributed by atoms with Gasteiger partial charge in [-0.25, -0.2) is 4.79 Å². The van der Waals surface area contributed by atoms with Crippen molar-refractivity contribution >= 4 is 17.9 Å². The Labute approximate surface area is 185 Å². The predicted octanol–water partition coefficient (Wildman–Crippen LogP) is 2.60. The number of rotatable bonds is 7. The number of nitrogens with zero attached hydrogens (tertiary/aromatic N) is 1. The molecule has 3 amide bonds. The van der Waals surface area contributed by atoms with E-state index < -0.39 is 29.2 Å². The van der Waals surface area contributed by atoms with E-state index in [1.54, 1.807) is 20.8 Å². The van der Waals surface area contributed by atoms with Crippen molar-refractivity contribution in [2.24, 2.45) is 0 Å². The Bertz CT molecular complexity index is 793. The van der Waals surface area contributed by atoms with Gasteiger partial charge in [0.05, 0.1) is 6.61 Å². The van der Waals surface area contributed by atoms with Gasteiger partial charge < -0.3 is 25.4 Å². The van der Waals surface area contributed by atoms with Crippen LogP contribution in [-0.2, 0) is 14.3 Å². The van der Waals surface area contributed by atoms with E-state index >= 15 is 0 Å². The van der Waals surface area contributed by atoms with E-state index in [0.717, 1.165) is 11.1 Å². The summed E-state index contributed by atoms with van der Waals surface area (Å²) in [5, 5.41) is 15.0. The van der Waals surface area contributed by atoms with Crippen LogP contribution in [0.1, 0.15) is 64.3 Å². The number of carbonyl (C=O) groups is 3. The molecule has 1 rings (SSSR count). The van der Waals surface area contributed by atoms with Crippen LogP contribution in [0.25, 0.3) is 0 Å². The van der Waals surface area contributed by atoms with Gasteiger partial charge in [-0.2, -0.15) is 0 Å². The average molecular weight is 436 g/mol. The molecule has 31 heavy (non-hydrogen) atoms. The number of aliphatic hydroxyl groups is 1. The van der Waals surface area contributed by atoms with Crippen molar-refractivity contribution in [3.8, 4) is 0 Å². The second-order valence-corrected chi connectivity index (χ2v) is 9.67. The summed E-state index contributed by atoms with van der Waals surface area (Å²) < 4.78 is 5.17. The second-order valence-electron chi connectivity index (χ2n) is 9.67. The van der Waals surface area contributed by atoms with E-state index in [9.17, 15) is 19.5 Å². The summed E-state index contributed by atoms with van der Waals surface area (Å²) in [5.41, 5.74) is 1.32. The van der Waals surface area contributed by atoms with Crippen LogP contribution in [0, 0.1) is 13.8 Å². The summed E-state index contributed by atoms with van der Waals surface area (Å²) >= 11 is 0. The first-order chi connectivity index (χ1) is 14.1. The lowest BCUT2D eigenvalue weighted by atomic mass is 9.96. The lowest BCUT2D eigenvalue weighted by Gasteiger charge is -2.34. The molecule has 0 spiro atoms. The standard InChI is InChI=1S/C23H37N3O5/c1-15-9-10-17(16(2)13-15)19(20(29)25-22(3,4)5)26(11-12-27)18(28)14-24-21(30)31-23(6,7)8/h9-10,13,19,27H,11-12,14H2,1-8H3,(H,24,30)(H,25,29). The van der Waals surface area contributed by atoms with E-state index in [-0.39, 0.29) is 25.6 Å². The first kappa shape index (κ1) is 26.4. The van der Waals surface area contributed by atoms with Crippen molar-refractivity contribution in [2.45, 2.75) is 72.6 Å². The topological polar surface area (TPSA) is 108 Å². The third kappa shape index (κ3) is 8.96. The molecule has 0 aliphatic heterocycles. The van der Waals surface area contributed by atoms with E-state index in [1.807, 2.05) is 52.8 Å². The zero-order valence-corrected chi connectivity index (χ0v) is 20.0. The molecule has 0 aromatic heterocycles. The number of hydrogen-bond donors (Lipinski definition) is 3.